The van der Waals surface area contributed by atoms with Gasteiger partial charge >= 0.3 is 532 Å². The van der Waals surface area contributed by atoms with Gasteiger partial charge in [0, 0.05) is 0 Å². The van der Waals surface area contributed by atoms with Crippen LogP contribution in [0.3, 0.4) is 0 Å². The van der Waals surface area contributed by atoms with Gasteiger partial charge in [0.05, 0.1) is 0 Å². The fraction of sp³-hybridized carbons (Fsp3) is 1.00. The summed E-state index contributed by atoms with van der Waals surface area (Å²) in [6.07, 6.45) is 52.3. The SMILES string of the molecule is CCCCCCCC[Si]1(O[Si](C)C)O[Si]2(CCCCCCCC)O[Si]3(CCCCCCCC)O[Si](CCCCCCCC)(O1)O[Si]1(CCCCCCCC)O[Si](CCCCCCCC)(O3)O[Si](CCCCCCCC)(O2)[O][Sn]([CH2]CCC)([CH2]CCC)[O]1. The molecule has 0 aromatic heterocycles. The monoisotopic (exact) mass is 1470 g/mol. The summed E-state index contributed by atoms with van der Waals surface area (Å²) in [4.78, 5) is 0. The zero-order valence-corrected chi connectivity index (χ0v) is 70.1. The van der Waals surface area contributed by atoms with Crippen LogP contribution in [-0.2, 0) is 46.7 Å². The van der Waals surface area contributed by atoms with E-state index in [-0.39, 0.29) is 0 Å². The van der Waals surface area contributed by atoms with E-state index >= 15 is 0 Å². The van der Waals surface area contributed by atoms with Crippen molar-refractivity contribution in [3.05, 3.63) is 0 Å². The van der Waals surface area contributed by atoms with Gasteiger partial charge in [0.25, 0.3) is 0 Å². The summed E-state index contributed by atoms with van der Waals surface area (Å²) in [6.45, 7) is 25.4. The van der Waals surface area contributed by atoms with Crippen molar-refractivity contribution in [2.75, 3.05) is 0 Å². The third kappa shape index (κ3) is 30.6. The zero-order chi connectivity index (χ0) is 63.0. The Bertz CT molecular complexity index is 1630. The van der Waals surface area contributed by atoms with Crippen molar-refractivity contribution in [2.24, 2.45) is 0 Å². The average Bonchev–Trinajstić information content (AvgIpc) is 0.743. The second kappa shape index (κ2) is 46.3. The Morgan fingerprint density at radius 2 is 0.425 bits per heavy atom. The normalized spacial score (nSPS) is 28.0. The van der Waals surface area contributed by atoms with Crippen LogP contribution in [0, 0.1) is 0 Å². The van der Waals surface area contributed by atoms with E-state index in [1.54, 1.807) is 0 Å². The molecule has 0 aromatic carbocycles. The van der Waals surface area contributed by atoms with Crippen LogP contribution < -0.4 is 0 Å². The minimum absolute atomic E-state index is 0.631. The van der Waals surface area contributed by atoms with Crippen LogP contribution >= 0.6 is 0 Å². The molecule has 4 saturated heterocycles. The summed E-state index contributed by atoms with van der Waals surface area (Å²) < 4.78 is 104. The summed E-state index contributed by atoms with van der Waals surface area (Å²) >= 11 is -4.53. The molecule has 87 heavy (non-hydrogen) atoms. The van der Waals surface area contributed by atoms with Gasteiger partial charge in [-0.05, 0) is 0 Å². The first-order valence-electron chi connectivity index (χ1n) is 38.4. The minimum atomic E-state index is -4.53. The van der Waals surface area contributed by atoms with Crippen LogP contribution in [0.1, 0.15) is 358 Å². The van der Waals surface area contributed by atoms with Crippen LogP contribution in [0.4, 0.5) is 0 Å². The first kappa shape index (κ1) is 81.5. The molecule has 4 fully saturated rings. The number of rotatable bonds is 57. The fourth-order valence-electron chi connectivity index (χ4n) is 13.6. The summed E-state index contributed by atoms with van der Waals surface area (Å²) in [5, 5.41) is 0. The number of hydrogen-bond acceptors (Lipinski definition) is 12. The predicted octanol–water partition coefficient (Wildman–Crippen LogP) is 23.6. The molecule has 4 rings (SSSR count). The molecule has 12 nitrogen and oxygen atoms in total. The second-order valence-electron chi connectivity index (χ2n) is 27.7. The molecule has 0 N–H and O–H groups in total. The molecule has 0 spiro atoms. The van der Waals surface area contributed by atoms with Gasteiger partial charge in [0.15, 0.2) is 0 Å². The van der Waals surface area contributed by atoms with Gasteiger partial charge in [0.1, 0.15) is 0 Å². The van der Waals surface area contributed by atoms with Gasteiger partial charge in [-0.2, -0.15) is 0 Å². The first-order chi connectivity index (χ1) is 42.2. The Kier molecular flexibility index (Phi) is 43.4. The van der Waals surface area contributed by atoms with Gasteiger partial charge < -0.3 is 0 Å². The molecule has 4 heterocycles. The van der Waals surface area contributed by atoms with E-state index in [1.807, 2.05) is 0 Å². The Hall–Kier alpha value is 2.05. The standard InChI is InChI=1S/C58H125O12Si8.2C4H9.Sn/c1-10-17-24-31-38-45-52-72(59)62-75(55-48-41-34-27-20-13-4)63-73(60,53-46-39-32-25-18-11-2)65-77(57-50-43-36-29-22-15-6)67-74(61-71(8)9,54-47-40-33-26-19-12-3)66-76(64-72,56-49-42-35-28-21-14-5)69-78(68-75,70-77)58-51-44-37-30-23-16-7;2*1-3-4-2;/h10-58H2,1-9H3;2*1,3-4H2,2H3;/q-2;;;+2. The van der Waals surface area contributed by atoms with E-state index in [0.717, 1.165) is 124 Å². The average molecular weight is 1470 g/mol. The molecule has 4 atom stereocenters. The summed E-state index contributed by atoms with van der Waals surface area (Å²) in [6, 6.07) is 4.57. The number of hydrogen-bond donors (Lipinski definition) is 0. The Morgan fingerprint density at radius 1 is 0.230 bits per heavy atom. The maximum atomic E-state index is 8.68. The molecule has 0 saturated carbocycles. The third-order valence-electron chi connectivity index (χ3n) is 18.5. The number of fused-ring (bicyclic) bond motifs is 4. The van der Waals surface area contributed by atoms with Crippen molar-refractivity contribution in [2.45, 2.75) is 422 Å². The second-order valence-corrected chi connectivity index (χ2v) is 62.7. The Labute approximate surface area is 554 Å². The van der Waals surface area contributed by atoms with Crippen LogP contribution in [-0.4, -0.2) is 89.9 Å². The summed E-state index contributed by atoms with van der Waals surface area (Å²) in [5.74, 6) is 0. The van der Waals surface area contributed by atoms with Gasteiger partial charge in [0.2, 0.25) is 0 Å². The van der Waals surface area contributed by atoms with Crippen molar-refractivity contribution in [1.82, 2.24) is 0 Å². The Morgan fingerprint density at radius 3 is 0.667 bits per heavy atom. The third-order valence-corrected chi connectivity index (χ3v) is 70.0. The van der Waals surface area contributed by atoms with Crippen molar-refractivity contribution in [1.29, 1.82) is 0 Å². The van der Waals surface area contributed by atoms with Crippen molar-refractivity contribution in [3.63, 3.8) is 0 Å². The van der Waals surface area contributed by atoms with Crippen molar-refractivity contribution >= 4 is 89.9 Å². The molecule has 4 aliphatic rings. The van der Waals surface area contributed by atoms with Crippen LogP contribution in [0.5, 0.6) is 0 Å². The van der Waals surface area contributed by atoms with E-state index in [0.29, 0.717) is 42.3 Å². The van der Waals surface area contributed by atoms with Crippen LogP contribution in [0.2, 0.25) is 64.3 Å². The van der Waals surface area contributed by atoms with E-state index < -0.39 is 89.9 Å². The summed E-state index contributed by atoms with van der Waals surface area (Å²) in [5.41, 5.74) is 0. The quantitative estimate of drug-likeness (QED) is 0.0427. The van der Waals surface area contributed by atoms with Gasteiger partial charge in [-0.25, -0.2) is 0 Å². The fourth-order valence-corrected chi connectivity index (χ4v) is 83.6. The zero-order valence-electron chi connectivity index (χ0n) is 59.3. The maximum absolute atomic E-state index is 8.68. The molecule has 1 radical (unpaired) electrons. The van der Waals surface area contributed by atoms with Crippen molar-refractivity contribution < 1.29 is 46.7 Å². The topological polar surface area (TPSA) is 111 Å². The van der Waals surface area contributed by atoms with Crippen molar-refractivity contribution in [3.8, 4) is 0 Å². The molecule has 4 aliphatic heterocycles. The van der Waals surface area contributed by atoms with E-state index in [1.165, 1.54) is 180 Å². The van der Waals surface area contributed by atoms with Gasteiger partial charge in [-0.15, -0.1) is 0 Å². The number of unbranched alkanes of at least 4 members (excludes halogenated alkanes) is 37. The molecule has 0 aliphatic carbocycles. The molecular formula is C66H143O12Si8Sn. The molecule has 21 heteroatoms. The molecular weight excluding hydrogens is 1330 g/mol. The molecule has 0 amide bonds. The molecule has 515 valence electrons. The molecule has 0 aromatic rings. The molecule has 4 unspecified atom stereocenters. The summed E-state index contributed by atoms with van der Waals surface area (Å²) in [7, 11) is -29.4. The molecule has 6 bridgehead atoms. The predicted molar refractivity (Wildman–Crippen MR) is 383 cm³/mol. The van der Waals surface area contributed by atoms with Crippen LogP contribution in [0.15, 0.2) is 0 Å². The first-order valence-corrected chi connectivity index (χ1v) is 60.7. The van der Waals surface area contributed by atoms with E-state index in [2.05, 4.69) is 75.4 Å². The van der Waals surface area contributed by atoms with Gasteiger partial charge in [-0.1, -0.05) is 26.7 Å². The van der Waals surface area contributed by atoms with E-state index in [9.17, 15) is 0 Å². The van der Waals surface area contributed by atoms with E-state index in [4.69, 9.17) is 46.7 Å². The van der Waals surface area contributed by atoms with Gasteiger partial charge in [-0.3, -0.25) is 0 Å². The Balaban J connectivity index is 2.26. The van der Waals surface area contributed by atoms with Crippen LogP contribution in [0.25, 0.3) is 0 Å².